The second-order valence-electron chi connectivity index (χ2n) is 10.1. The molecule has 5 rings (SSSR count). The standard InChI is InChI=1S/C31H34ClFN2O3S/c1-2-37-26-17-21(16-25(32)29(26)38-19-20-12-14-22(33)15-13-20)18-34-31-28(24-10-6-7-11-27(24)39-31)30(36)35-23-8-4-3-5-9-23/h12-18,23H,2-11,19H2,1H3,(H,35,36)/b34-18-. The zero-order valence-electron chi connectivity index (χ0n) is 22.2. The molecule has 5 nitrogen and oxygen atoms in total. The van der Waals surface area contributed by atoms with Crippen LogP contribution >= 0.6 is 22.9 Å². The Kier molecular flexibility index (Phi) is 9.20. The van der Waals surface area contributed by atoms with E-state index in [9.17, 15) is 9.18 Å². The molecule has 2 aliphatic rings. The third-order valence-electron chi connectivity index (χ3n) is 7.28. The fraction of sp³-hybridized carbons (Fsp3) is 0.419. The summed E-state index contributed by atoms with van der Waals surface area (Å²) in [4.78, 5) is 19.6. The fourth-order valence-corrected chi connectivity index (χ4v) is 6.82. The molecule has 2 aromatic carbocycles. The van der Waals surface area contributed by atoms with E-state index in [1.165, 1.54) is 41.8 Å². The first-order valence-corrected chi connectivity index (χ1v) is 15.0. The van der Waals surface area contributed by atoms with Crippen LogP contribution < -0.4 is 14.8 Å². The van der Waals surface area contributed by atoms with E-state index in [2.05, 4.69) is 5.32 Å². The number of nitrogens with zero attached hydrogens (tertiary/aromatic N) is 1. The molecule has 1 fully saturated rings. The van der Waals surface area contributed by atoms with Crippen molar-refractivity contribution in [1.82, 2.24) is 5.32 Å². The first-order chi connectivity index (χ1) is 19.0. The molecule has 1 saturated carbocycles. The molecule has 39 heavy (non-hydrogen) atoms. The summed E-state index contributed by atoms with van der Waals surface area (Å²) in [7, 11) is 0. The smallest absolute Gasteiger partial charge is 0.254 e. The number of hydrogen-bond acceptors (Lipinski definition) is 5. The number of ether oxygens (including phenoxy) is 2. The van der Waals surface area contributed by atoms with E-state index >= 15 is 0 Å². The second-order valence-corrected chi connectivity index (χ2v) is 11.6. The third kappa shape index (κ3) is 6.82. The average Bonchev–Trinajstić information content (AvgIpc) is 3.32. The minimum Gasteiger partial charge on any atom is -0.490 e. The van der Waals surface area contributed by atoms with Crippen LogP contribution in [0.25, 0.3) is 0 Å². The molecule has 206 valence electrons. The van der Waals surface area contributed by atoms with Gasteiger partial charge in [0.05, 0.1) is 17.2 Å². The number of aryl methyl sites for hydroxylation is 1. The molecule has 8 heteroatoms. The monoisotopic (exact) mass is 568 g/mol. The highest BCUT2D eigenvalue weighted by Crippen LogP contribution is 2.41. The lowest BCUT2D eigenvalue weighted by Gasteiger charge is -2.23. The summed E-state index contributed by atoms with van der Waals surface area (Å²) in [6, 6.07) is 10.0. The Morgan fingerprint density at radius 3 is 2.64 bits per heavy atom. The maximum absolute atomic E-state index is 13.5. The largest absolute Gasteiger partial charge is 0.490 e. The number of fused-ring (bicyclic) bond motifs is 1. The summed E-state index contributed by atoms with van der Waals surface area (Å²) in [6.45, 7) is 2.56. The summed E-state index contributed by atoms with van der Waals surface area (Å²) in [5.74, 6) is 0.649. The van der Waals surface area contributed by atoms with Crippen molar-refractivity contribution in [3.63, 3.8) is 0 Å². The number of halogens is 2. The molecule has 3 aromatic rings. The Morgan fingerprint density at radius 2 is 1.87 bits per heavy atom. The minimum atomic E-state index is -0.295. The van der Waals surface area contributed by atoms with Crippen LogP contribution in [0.4, 0.5) is 9.39 Å². The number of amides is 1. The third-order valence-corrected chi connectivity index (χ3v) is 8.76. The van der Waals surface area contributed by atoms with E-state index in [1.54, 1.807) is 35.8 Å². The molecular formula is C31H34ClFN2O3S. The Balaban J connectivity index is 1.39. The maximum Gasteiger partial charge on any atom is 0.254 e. The minimum absolute atomic E-state index is 0.00558. The average molecular weight is 569 g/mol. The van der Waals surface area contributed by atoms with Crippen LogP contribution in [0.3, 0.4) is 0 Å². The van der Waals surface area contributed by atoms with Gasteiger partial charge in [0.2, 0.25) is 0 Å². The van der Waals surface area contributed by atoms with E-state index in [-0.39, 0.29) is 24.4 Å². The van der Waals surface area contributed by atoms with Gasteiger partial charge in [-0.15, -0.1) is 11.3 Å². The van der Waals surface area contributed by atoms with Crippen LogP contribution in [0, 0.1) is 5.82 Å². The molecule has 0 unspecified atom stereocenters. The predicted octanol–water partition coefficient (Wildman–Crippen LogP) is 8.21. The van der Waals surface area contributed by atoms with E-state index in [4.69, 9.17) is 26.1 Å². The first-order valence-electron chi connectivity index (χ1n) is 13.8. The summed E-state index contributed by atoms with van der Waals surface area (Å²) >= 11 is 8.25. The lowest BCUT2D eigenvalue weighted by Crippen LogP contribution is -2.36. The molecule has 0 saturated heterocycles. The number of thiophene rings is 1. The number of benzene rings is 2. The summed E-state index contributed by atoms with van der Waals surface area (Å²) < 4.78 is 25.0. The predicted molar refractivity (Wildman–Crippen MR) is 156 cm³/mol. The summed E-state index contributed by atoms with van der Waals surface area (Å²) in [5, 5.41) is 4.44. The van der Waals surface area contributed by atoms with Crippen LogP contribution in [-0.4, -0.2) is 24.8 Å². The molecule has 1 aromatic heterocycles. The molecule has 1 amide bonds. The quantitative estimate of drug-likeness (QED) is 0.265. The van der Waals surface area contributed by atoms with Gasteiger partial charge in [-0.3, -0.25) is 4.79 Å². The number of hydrogen-bond donors (Lipinski definition) is 1. The number of aliphatic imine (C=N–C) groups is 1. The first kappa shape index (κ1) is 27.7. The topological polar surface area (TPSA) is 59.9 Å². The van der Waals surface area contributed by atoms with Crippen LogP contribution in [-0.2, 0) is 19.4 Å². The zero-order valence-corrected chi connectivity index (χ0v) is 23.8. The fourth-order valence-electron chi connectivity index (χ4n) is 5.32. The van der Waals surface area contributed by atoms with Gasteiger partial charge in [-0.05, 0) is 86.4 Å². The lowest BCUT2D eigenvalue weighted by atomic mass is 9.93. The van der Waals surface area contributed by atoms with Crippen LogP contribution in [0.1, 0.15) is 83.8 Å². The Labute approximate surface area is 238 Å². The van der Waals surface area contributed by atoms with Crippen molar-refractivity contribution in [2.24, 2.45) is 4.99 Å². The lowest BCUT2D eigenvalue weighted by molar-refractivity contribution is 0.0927. The molecule has 0 aliphatic heterocycles. The number of rotatable bonds is 9. The van der Waals surface area contributed by atoms with Crippen molar-refractivity contribution in [2.45, 2.75) is 77.4 Å². The van der Waals surface area contributed by atoms with Crippen LogP contribution in [0.2, 0.25) is 5.02 Å². The molecule has 0 radical (unpaired) electrons. The van der Waals surface area contributed by atoms with Crippen molar-refractivity contribution < 1.29 is 18.7 Å². The Hall–Kier alpha value is -2.90. The molecule has 1 heterocycles. The van der Waals surface area contributed by atoms with Gasteiger partial charge in [-0.2, -0.15) is 0 Å². The molecule has 0 bridgehead atoms. The summed E-state index contributed by atoms with van der Waals surface area (Å²) in [5.41, 5.74) is 3.49. The van der Waals surface area contributed by atoms with E-state index in [1.807, 2.05) is 13.0 Å². The van der Waals surface area contributed by atoms with Crippen molar-refractivity contribution in [3.05, 3.63) is 74.4 Å². The van der Waals surface area contributed by atoms with Crippen LogP contribution in [0.15, 0.2) is 41.4 Å². The molecule has 0 spiro atoms. The highest BCUT2D eigenvalue weighted by atomic mass is 35.5. The zero-order chi connectivity index (χ0) is 27.2. The second kappa shape index (κ2) is 13.0. The van der Waals surface area contributed by atoms with Gasteiger partial charge < -0.3 is 14.8 Å². The van der Waals surface area contributed by atoms with E-state index in [0.717, 1.165) is 60.2 Å². The van der Waals surface area contributed by atoms with Crippen LogP contribution in [0.5, 0.6) is 11.5 Å². The van der Waals surface area contributed by atoms with E-state index < -0.39 is 0 Å². The van der Waals surface area contributed by atoms with Crippen molar-refractivity contribution in [2.75, 3.05) is 6.61 Å². The number of carbonyl (C=O) groups excluding carboxylic acids is 1. The summed E-state index contributed by atoms with van der Waals surface area (Å²) in [6.07, 6.45) is 11.6. The number of carbonyl (C=O) groups is 1. The molecule has 1 N–H and O–H groups in total. The SMILES string of the molecule is CCOc1cc(/C=N\c2sc3c(c2C(=O)NC2CCCCC2)CCCC3)cc(Cl)c1OCc1ccc(F)cc1. The van der Waals surface area contributed by atoms with Gasteiger partial charge in [0, 0.05) is 17.1 Å². The Bertz CT molecular complexity index is 1330. The molecule has 0 atom stereocenters. The van der Waals surface area contributed by atoms with Gasteiger partial charge in [-0.25, -0.2) is 9.38 Å². The normalized spacial score (nSPS) is 15.8. The highest BCUT2D eigenvalue weighted by molar-refractivity contribution is 7.16. The van der Waals surface area contributed by atoms with E-state index in [0.29, 0.717) is 23.1 Å². The van der Waals surface area contributed by atoms with Crippen molar-refractivity contribution in [3.8, 4) is 11.5 Å². The van der Waals surface area contributed by atoms with Crippen molar-refractivity contribution >= 4 is 40.1 Å². The highest BCUT2D eigenvalue weighted by Gasteiger charge is 2.27. The molecular weight excluding hydrogens is 535 g/mol. The molecule has 2 aliphatic carbocycles. The van der Waals surface area contributed by atoms with Gasteiger partial charge >= 0.3 is 0 Å². The van der Waals surface area contributed by atoms with Gasteiger partial charge in [0.25, 0.3) is 5.91 Å². The van der Waals surface area contributed by atoms with Gasteiger partial charge in [0.1, 0.15) is 17.4 Å². The van der Waals surface area contributed by atoms with Crippen molar-refractivity contribution in [1.29, 1.82) is 0 Å². The van der Waals surface area contributed by atoms with Gasteiger partial charge in [-0.1, -0.05) is 43.0 Å². The maximum atomic E-state index is 13.5. The number of nitrogens with one attached hydrogen (secondary N) is 1. The van der Waals surface area contributed by atoms with Gasteiger partial charge in [0.15, 0.2) is 11.5 Å². The Morgan fingerprint density at radius 1 is 1.10 bits per heavy atom.